The second kappa shape index (κ2) is 8.28. The summed E-state index contributed by atoms with van der Waals surface area (Å²) in [7, 11) is 0. The summed E-state index contributed by atoms with van der Waals surface area (Å²) in [6, 6.07) is 1.59. The summed E-state index contributed by atoms with van der Waals surface area (Å²) in [6.45, 7) is 2.48. The molecule has 4 nitrogen and oxygen atoms in total. The lowest BCUT2D eigenvalue weighted by atomic mass is 10.2. The lowest BCUT2D eigenvalue weighted by Gasteiger charge is -2.08. The highest BCUT2D eigenvalue weighted by Crippen LogP contribution is 2.19. The van der Waals surface area contributed by atoms with Crippen molar-refractivity contribution >= 4 is 17.5 Å². The van der Waals surface area contributed by atoms with Crippen LogP contribution in [0.1, 0.15) is 32.6 Å². The van der Waals surface area contributed by atoms with Crippen LogP contribution in [0.2, 0.25) is 0 Å². The van der Waals surface area contributed by atoms with Crippen molar-refractivity contribution in [2.24, 2.45) is 0 Å². The fourth-order valence-electron chi connectivity index (χ4n) is 1.63. The molecule has 0 spiro atoms. The average molecular weight is 302 g/mol. The molecule has 2 N–H and O–H groups in total. The largest absolute Gasteiger partial charge is 0.356 e. The van der Waals surface area contributed by atoms with Crippen molar-refractivity contribution in [2.75, 3.05) is 11.9 Å². The molecule has 7 heteroatoms. The van der Waals surface area contributed by atoms with Gasteiger partial charge in [0.15, 0.2) is 17.5 Å². The molecule has 1 rings (SSSR count). The Morgan fingerprint density at radius 1 is 1.05 bits per heavy atom. The van der Waals surface area contributed by atoms with Gasteiger partial charge in [-0.3, -0.25) is 9.59 Å². The van der Waals surface area contributed by atoms with E-state index < -0.39 is 41.4 Å². The van der Waals surface area contributed by atoms with Gasteiger partial charge in [0, 0.05) is 6.54 Å². The molecule has 0 saturated carbocycles. The Morgan fingerprint density at radius 3 is 2.43 bits per heavy atom. The van der Waals surface area contributed by atoms with E-state index in [1.54, 1.807) is 0 Å². The van der Waals surface area contributed by atoms with Crippen LogP contribution in [-0.2, 0) is 9.59 Å². The van der Waals surface area contributed by atoms with E-state index in [-0.39, 0.29) is 0 Å². The van der Waals surface area contributed by atoms with Crippen LogP contribution in [0.4, 0.5) is 18.9 Å². The Morgan fingerprint density at radius 2 is 1.76 bits per heavy atom. The number of amides is 2. The van der Waals surface area contributed by atoms with Gasteiger partial charge in [0.05, 0.1) is 5.69 Å². The highest BCUT2D eigenvalue weighted by atomic mass is 19.2. The van der Waals surface area contributed by atoms with E-state index in [9.17, 15) is 22.8 Å². The van der Waals surface area contributed by atoms with Crippen LogP contribution in [0, 0.1) is 17.5 Å². The topological polar surface area (TPSA) is 58.2 Å². The van der Waals surface area contributed by atoms with Crippen LogP contribution in [0.3, 0.4) is 0 Å². The van der Waals surface area contributed by atoms with Gasteiger partial charge >= 0.3 is 0 Å². The number of rotatable bonds is 7. The maximum absolute atomic E-state index is 13.3. The van der Waals surface area contributed by atoms with Crippen LogP contribution in [0.5, 0.6) is 0 Å². The molecular weight excluding hydrogens is 285 g/mol. The second-order valence-corrected chi connectivity index (χ2v) is 4.50. The van der Waals surface area contributed by atoms with Crippen LogP contribution in [-0.4, -0.2) is 18.4 Å². The molecule has 0 aliphatic heterocycles. The van der Waals surface area contributed by atoms with E-state index in [1.165, 1.54) is 0 Å². The van der Waals surface area contributed by atoms with Crippen molar-refractivity contribution in [3.8, 4) is 0 Å². The fourth-order valence-corrected chi connectivity index (χ4v) is 1.63. The zero-order valence-electron chi connectivity index (χ0n) is 11.6. The van der Waals surface area contributed by atoms with Gasteiger partial charge in [-0.1, -0.05) is 19.8 Å². The minimum Gasteiger partial charge on any atom is -0.356 e. The smallest absolute Gasteiger partial charge is 0.233 e. The zero-order chi connectivity index (χ0) is 15.8. The first-order chi connectivity index (χ1) is 9.95. The van der Waals surface area contributed by atoms with Crippen molar-refractivity contribution in [1.82, 2.24) is 5.32 Å². The second-order valence-electron chi connectivity index (χ2n) is 4.50. The van der Waals surface area contributed by atoms with Crippen LogP contribution >= 0.6 is 0 Å². The molecule has 116 valence electrons. The molecule has 0 aliphatic carbocycles. The quantitative estimate of drug-likeness (QED) is 0.462. The summed E-state index contributed by atoms with van der Waals surface area (Å²) in [5.74, 6) is -5.82. The van der Waals surface area contributed by atoms with E-state index in [0.29, 0.717) is 12.6 Å². The number of unbranched alkanes of at least 4 members (excludes halogenated alkanes) is 2. The van der Waals surface area contributed by atoms with Crippen LogP contribution < -0.4 is 10.6 Å². The first-order valence-corrected chi connectivity index (χ1v) is 6.65. The number of halogens is 3. The summed E-state index contributed by atoms with van der Waals surface area (Å²) in [5, 5.41) is 4.57. The summed E-state index contributed by atoms with van der Waals surface area (Å²) in [4.78, 5) is 22.9. The third-order valence-electron chi connectivity index (χ3n) is 2.73. The Hall–Kier alpha value is -2.05. The fraction of sp³-hybridized carbons (Fsp3) is 0.429. The highest BCUT2D eigenvalue weighted by molar-refractivity contribution is 6.03. The van der Waals surface area contributed by atoms with E-state index in [4.69, 9.17) is 0 Å². The van der Waals surface area contributed by atoms with Gasteiger partial charge in [-0.25, -0.2) is 13.2 Å². The molecule has 0 bridgehead atoms. The minimum absolute atomic E-state index is 0.458. The molecule has 0 unspecified atom stereocenters. The maximum atomic E-state index is 13.3. The predicted octanol–water partition coefficient (Wildman–Crippen LogP) is 2.74. The Labute approximate surface area is 120 Å². The van der Waals surface area contributed by atoms with Gasteiger partial charge in [-0.15, -0.1) is 0 Å². The number of hydrogen-bond donors (Lipinski definition) is 2. The summed E-state index contributed by atoms with van der Waals surface area (Å²) >= 11 is 0. The number of anilines is 1. The first kappa shape index (κ1) is 17.0. The molecular formula is C14H17F3N2O2. The van der Waals surface area contributed by atoms with Gasteiger partial charge in [0.25, 0.3) is 0 Å². The summed E-state index contributed by atoms with van der Waals surface area (Å²) in [6.07, 6.45) is 2.27. The lowest BCUT2D eigenvalue weighted by Crippen LogP contribution is -2.29. The standard InChI is InChI=1S/C14H17F3N2O2/c1-2-3-4-7-18-11(20)8-12(21)19-10-6-5-9(15)13(16)14(10)17/h5-6H,2-4,7-8H2,1H3,(H,18,20)(H,19,21). The molecule has 1 aromatic rings. The van der Waals surface area contributed by atoms with E-state index in [2.05, 4.69) is 5.32 Å². The molecule has 0 aliphatic rings. The number of carbonyl (C=O) groups is 2. The highest BCUT2D eigenvalue weighted by Gasteiger charge is 2.16. The summed E-state index contributed by atoms with van der Waals surface area (Å²) in [5.41, 5.74) is -0.502. The molecule has 2 amide bonds. The zero-order valence-corrected chi connectivity index (χ0v) is 11.6. The average Bonchev–Trinajstić information content (AvgIpc) is 2.44. The molecule has 21 heavy (non-hydrogen) atoms. The maximum Gasteiger partial charge on any atom is 0.233 e. The molecule has 0 atom stereocenters. The molecule has 0 fully saturated rings. The van der Waals surface area contributed by atoms with Gasteiger partial charge in [-0.05, 0) is 18.6 Å². The van der Waals surface area contributed by atoms with E-state index in [0.717, 1.165) is 25.3 Å². The van der Waals surface area contributed by atoms with E-state index >= 15 is 0 Å². The minimum atomic E-state index is -1.67. The van der Waals surface area contributed by atoms with Gasteiger partial charge in [0.2, 0.25) is 11.8 Å². The van der Waals surface area contributed by atoms with Crippen LogP contribution in [0.15, 0.2) is 12.1 Å². The van der Waals surface area contributed by atoms with Crippen molar-refractivity contribution in [3.63, 3.8) is 0 Å². The van der Waals surface area contributed by atoms with Gasteiger partial charge < -0.3 is 10.6 Å². The molecule has 0 radical (unpaired) electrons. The SMILES string of the molecule is CCCCCNC(=O)CC(=O)Nc1ccc(F)c(F)c1F. The lowest BCUT2D eigenvalue weighted by molar-refractivity contribution is -0.126. The van der Waals surface area contributed by atoms with Gasteiger partial charge in [0.1, 0.15) is 6.42 Å². The predicted molar refractivity (Wildman–Crippen MR) is 72.1 cm³/mol. The molecule has 0 aromatic heterocycles. The molecule has 0 saturated heterocycles. The first-order valence-electron chi connectivity index (χ1n) is 6.65. The monoisotopic (exact) mass is 302 g/mol. The van der Waals surface area contributed by atoms with E-state index in [1.807, 2.05) is 12.2 Å². The third kappa shape index (κ3) is 5.45. The van der Waals surface area contributed by atoms with Crippen LogP contribution in [0.25, 0.3) is 0 Å². The number of carbonyl (C=O) groups excluding carboxylic acids is 2. The Kier molecular flexibility index (Phi) is 6.71. The summed E-state index contributed by atoms with van der Waals surface area (Å²) < 4.78 is 39.0. The number of hydrogen-bond acceptors (Lipinski definition) is 2. The number of benzene rings is 1. The normalized spacial score (nSPS) is 10.3. The Balaban J connectivity index is 2.47. The van der Waals surface area contributed by atoms with Crippen molar-refractivity contribution < 1.29 is 22.8 Å². The van der Waals surface area contributed by atoms with Gasteiger partial charge in [-0.2, -0.15) is 0 Å². The van der Waals surface area contributed by atoms with Crippen molar-refractivity contribution in [2.45, 2.75) is 32.6 Å². The molecule has 0 heterocycles. The van der Waals surface area contributed by atoms with Crippen molar-refractivity contribution in [1.29, 1.82) is 0 Å². The molecule has 1 aromatic carbocycles. The van der Waals surface area contributed by atoms with Crippen molar-refractivity contribution in [3.05, 3.63) is 29.6 Å². The third-order valence-corrected chi connectivity index (χ3v) is 2.73. The number of nitrogens with one attached hydrogen (secondary N) is 2. The Bertz CT molecular complexity index is 521.